The highest BCUT2D eigenvalue weighted by Gasteiger charge is 1.98. The van der Waals surface area contributed by atoms with E-state index in [1.54, 1.807) is 0 Å². The average molecular weight is 210 g/mol. The van der Waals surface area contributed by atoms with Crippen molar-refractivity contribution in [2.75, 3.05) is 18.1 Å². The SMILES string of the molecule is CNc1cc(SCCC(C)C)ccn1. The van der Waals surface area contributed by atoms with Gasteiger partial charge in [0.15, 0.2) is 0 Å². The summed E-state index contributed by atoms with van der Waals surface area (Å²) in [7, 11) is 1.89. The first-order valence-corrected chi connectivity index (χ1v) is 5.97. The Hall–Kier alpha value is -0.700. The van der Waals surface area contributed by atoms with Gasteiger partial charge in [-0.3, -0.25) is 0 Å². The van der Waals surface area contributed by atoms with Gasteiger partial charge in [0, 0.05) is 18.1 Å². The van der Waals surface area contributed by atoms with Crippen molar-refractivity contribution in [2.24, 2.45) is 5.92 Å². The molecule has 0 fully saturated rings. The molecular weight excluding hydrogens is 192 g/mol. The summed E-state index contributed by atoms with van der Waals surface area (Å²) >= 11 is 1.90. The van der Waals surface area contributed by atoms with Gasteiger partial charge in [-0.15, -0.1) is 11.8 Å². The van der Waals surface area contributed by atoms with Crippen molar-refractivity contribution in [1.29, 1.82) is 0 Å². The predicted molar refractivity (Wildman–Crippen MR) is 64.0 cm³/mol. The molecule has 1 rings (SSSR count). The van der Waals surface area contributed by atoms with Gasteiger partial charge < -0.3 is 5.32 Å². The molecular formula is C11H18N2S. The summed E-state index contributed by atoms with van der Waals surface area (Å²) in [5.41, 5.74) is 0. The Morgan fingerprint density at radius 1 is 1.50 bits per heavy atom. The zero-order valence-corrected chi connectivity index (χ0v) is 9.90. The molecule has 78 valence electrons. The zero-order valence-electron chi connectivity index (χ0n) is 9.08. The molecule has 1 heterocycles. The lowest BCUT2D eigenvalue weighted by atomic mass is 10.2. The highest BCUT2D eigenvalue weighted by atomic mass is 32.2. The number of thioether (sulfide) groups is 1. The maximum atomic E-state index is 4.18. The molecule has 0 aromatic carbocycles. The van der Waals surface area contributed by atoms with Gasteiger partial charge in [0.2, 0.25) is 0 Å². The van der Waals surface area contributed by atoms with Crippen molar-refractivity contribution in [2.45, 2.75) is 25.2 Å². The van der Waals surface area contributed by atoms with E-state index in [2.05, 4.69) is 36.3 Å². The lowest BCUT2D eigenvalue weighted by molar-refractivity contribution is 0.632. The standard InChI is InChI=1S/C11H18N2S/c1-9(2)5-7-14-10-4-6-13-11(8-10)12-3/h4,6,8-9H,5,7H2,1-3H3,(H,12,13). The summed E-state index contributed by atoms with van der Waals surface area (Å²) in [5, 5.41) is 3.04. The molecule has 14 heavy (non-hydrogen) atoms. The Morgan fingerprint density at radius 2 is 2.29 bits per heavy atom. The third-order valence-electron chi connectivity index (χ3n) is 1.95. The topological polar surface area (TPSA) is 24.9 Å². The molecule has 3 heteroatoms. The minimum Gasteiger partial charge on any atom is -0.373 e. The van der Waals surface area contributed by atoms with Crippen molar-refractivity contribution >= 4 is 17.6 Å². The number of nitrogens with zero attached hydrogens (tertiary/aromatic N) is 1. The van der Waals surface area contributed by atoms with Gasteiger partial charge in [-0.25, -0.2) is 4.98 Å². The van der Waals surface area contributed by atoms with Crippen LogP contribution in [0.25, 0.3) is 0 Å². The second-order valence-electron chi connectivity index (χ2n) is 3.66. The van der Waals surface area contributed by atoms with E-state index in [0.717, 1.165) is 11.7 Å². The molecule has 0 saturated carbocycles. The van der Waals surface area contributed by atoms with Crippen LogP contribution in [0.4, 0.5) is 5.82 Å². The number of hydrogen-bond acceptors (Lipinski definition) is 3. The van der Waals surface area contributed by atoms with E-state index >= 15 is 0 Å². The average Bonchev–Trinajstić information content (AvgIpc) is 2.18. The molecule has 1 aromatic rings. The lowest BCUT2D eigenvalue weighted by Gasteiger charge is -2.05. The smallest absolute Gasteiger partial charge is 0.126 e. The van der Waals surface area contributed by atoms with Gasteiger partial charge in [-0.2, -0.15) is 0 Å². The molecule has 0 atom stereocenters. The minimum atomic E-state index is 0.785. The summed E-state index contributed by atoms with van der Waals surface area (Å²) < 4.78 is 0. The lowest BCUT2D eigenvalue weighted by Crippen LogP contribution is -1.92. The van der Waals surface area contributed by atoms with E-state index < -0.39 is 0 Å². The molecule has 0 aliphatic carbocycles. The Morgan fingerprint density at radius 3 is 2.93 bits per heavy atom. The molecule has 0 saturated heterocycles. The van der Waals surface area contributed by atoms with Crippen molar-refractivity contribution < 1.29 is 0 Å². The number of pyridine rings is 1. The maximum Gasteiger partial charge on any atom is 0.126 e. The molecule has 0 amide bonds. The Kier molecular flexibility index (Phi) is 4.80. The summed E-state index contributed by atoms with van der Waals surface area (Å²) in [6.07, 6.45) is 3.12. The van der Waals surface area contributed by atoms with E-state index in [1.807, 2.05) is 25.0 Å². The van der Waals surface area contributed by atoms with E-state index in [0.29, 0.717) is 0 Å². The van der Waals surface area contributed by atoms with Gasteiger partial charge in [-0.05, 0) is 30.2 Å². The fourth-order valence-electron chi connectivity index (χ4n) is 1.05. The largest absolute Gasteiger partial charge is 0.373 e. The van der Waals surface area contributed by atoms with Crippen LogP contribution in [0, 0.1) is 5.92 Å². The van der Waals surface area contributed by atoms with Crippen LogP contribution in [0.3, 0.4) is 0 Å². The van der Waals surface area contributed by atoms with Crippen molar-refractivity contribution in [1.82, 2.24) is 4.98 Å². The first-order valence-electron chi connectivity index (χ1n) is 4.99. The van der Waals surface area contributed by atoms with Crippen LogP contribution < -0.4 is 5.32 Å². The van der Waals surface area contributed by atoms with Gasteiger partial charge in [0.1, 0.15) is 5.82 Å². The normalized spacial score (nSPS) is 10.6. The maximum absolute atomic E-state index is 4.18. The van der Waals surface area contributed by atoms with Gasteiger partial charge in [0.05, 0.1) is 0 Å². The number of nitrogens with one attached hydrogen (secondary N) is 1. The summed E-state index contributed by atoms with van der Waals surface area (Å²) in [5.74, 6) is 2.91. The van der Waals surface area contributed by atoms with Crippen LogP contribution in [0.15, 0.2) is 23.2 Å². The summed E-state index contributed by atoms with van der Waals surface area (Å²) in [6.45, 7) is 4.51. The third-order valence-corrected chi connectivity index (χ3v) is 2.98. The molecule has 0 bridgehead atoms. The molecule has 0 aliphatic heterocycles. The van der Waals surface area contributed by atoms with E-state index in [4.69, 9.17) is 0 Å². The molecule has 2 nitrogen and oxygen atoms in total. The molecule has 0 unspecified atom stereocenters. The number of aromatic nitrogens is 1. The fourth-order valence-corrected chi connectivity index (χ4v) is 2.23. The second-order valence-corrected chi connectivity index (χ2v) is 4.83. The predicted octanol–water partition coefficient (Wildman–Crippen LogP) is 3.26. The van der Waals surface area contributed by atoms with E-state index in [-0.39, 0.29) is 0 Å². The molecule has 1 N–H and O–H groups in total. The third kappa shape index (κ3) is 4.01. The van der Waals surface area contributed by atoms with Crippen LogP contribution in [-0.4, -0.2) is 17.8 Å². The Bertz CT molecular complexity index is 274. The second kappa shape index (κ2) is 5.91. The quantitative estimate of drug-likeness (QED) is 0.755. The number of rotatable bonds is 5. The van der Waals surface area contributed by atoms with Gasteiger partial charge in [-0.1, -0.05) is 13.8 Å². The van der Waals surface area contributed by atoms with E-state index in [1.165, 1.54) is 17.1 Å². The summed E-state index contributed by atoms with van der Waals surface area (Å²) in [6, 6.07) is 4.15. The highest BCUT2D eigenvalue weighted by Crippen LogP contribution is 2.21. The van der Waals surface area contributed by atoms with Crippen molar-refractivity contribution in [3.05, 3.63) is 18.3 Å². The van der Waals surface area contributed by atoms with Crippen LogP contribution >= 0.6 is 11.8 Å². The van der Waals surface area contributed by atoms with Gasteiger partial charge in [0.25, 0.3) is 0 Å². The van der Waals surface area contributed by atoms with Crippen LogP contribution in [0.5, 0.6) is 0 Å². The zero-order chi connectivity index (χ0) is 10.4. The molecule has 0 spiro atoms. The first-order chi connectivity index (χ1) is 6.72. The number of hydrogen-bond donors (Lipinski definition) is 1. The number of anilines is 1. The highest BCUT2D eigenvalue weighted by molar-refractivity contribution is 7.99. The first kappa shape index (κ1) is 11.4. The fraction of sp³-hybridized carbons (Fsp3) is 0.545. The van der Waals surface area contributed by atoms with Gasteiger partial charge >= 0.3 is 0 Å². The van der Waals surface area contributed by atoms with Crippen LogP contribution in [-0.2, 0) is 0 Å². The van der Waals surface area contributed by atoms with Crippen LogP contribution in [0.2, 0.25) is 0 Å². The Balaban J connectivity index is 2.42. The van der Waals surface area contributed by atoms with Crippen molar-refractivity contribution in [3.8, 4) is 0 Å². The Labute approximate surface area is 90.5 Å². The minimum absolute atomic E-state index is 0.785. The monoisotopic (exact) mass is 210 g/mol. The van der Waals surface area contributed by atoms with Crippen LogP contribution in [0.1, 0.15) is 20.3 Å². The summed E-state index contributed by atoms with van der Waals surface area (Å²) in [4.78, 5) is 5.47. The van der Waals surface area contributed by atoms with Crippen molar-refractivity contribution in [3.63, 3.8) is 0 Å². The molecule has 0 aliphatic rings. The molecule has 1 aromatic heterocycles. The van der Waals surface area contributed by atoms with E-state index in [9.17, 15) is 0 Å². The molecule has 0 radical (unpaired) electrons.